The van der Waals surface area contributed by atoms with Crippen LogP contribution in [0.15, 0.2) is 24.3 Å². The van der Waals surface area contributed by atoms with E-state index in [9.17, 15) is 4.79 Å². The molecule has 0 saturated carbocycles. The highest BCUT2D eigenvalue weighted by molar-refractivity contribution is 5.81. The average molecular weight is 386 g/mol. The summed E-state index contributed by atoms with van der Waals surface area (Å²) < 4.78 is 7.63. The standard InChI is InChI=1S/C21H31N5O2/c1-2-26-19-8-4-3-7-18(19)23-21(26)25-10-5-6-17(16-25)20(27)22-9-11-24-12-14-28-15-13-24/h3-4,7-8,17H,2,5-6,9-16H2,1H3,(H,22,27)/t17-/m1/s1. The molecule has 1 atom stereocenters. The molecule has 3 heterocycles. The van der Waals surface area contributed by atoms with E-state index < -0.39 is 0 Å². The summed E-state index contributed by atoms with van der Waals surface area (Å²) in [6, 6.07) is 8.26. The lowest BCUT2D eigenvalue weighted by Crippen LogP contribution is -2.46. The van der Waals surface area contributed by atoms with Gasteiger partial charge in [0.1, 0.15) is 0 Å². The number of piperidine rings is 1. The van der Waals surface area contributed by atoms with Gasteiger partial charge in [-0.3, -0.25) is 9.69 Å². The highest BCUT2D eigenvalue weighted by Crippen LogP contribution is 2.27. The number of nitrogens with zero attached hydrogens (tertiary/aromatic N) is 4. The second kappa shape index (κ2) is 8.92. The third kappa shape index (κ3) is 4.15. The third-order valence-corrected chi connectivity index (χ3v) is 5.86. The number of fused-ring (bicyclic) bond motifs is 1. The highest BCUT2D eigenvalue weighted by Gasteiger charge is 2.28. The first-order valence-electron chi connectivity index (χ1n) is 10.5. The monoisotopic (exact) mass is 385 g/mol. The van der Waals surface area contributed by atoms with Gasteiger partial charge in [-0.25, -0.2) is 4.98 Å². The lowest BCUT2D eigenvalue weighted by Gasteiger charge is -2.33. The van der Waals surface area contributed by atoms with E-state index in [4.69, 9.17) is 9.72 Å². The number of amides is 1. The number of hydrogen-bond acceptors (Lipinski definition) is 5. The minimum absolute atomic E-state index is 0.0311. The van der Waals surface area contributed by atoms with Gasteiger partial charge < -0.3 is 19.5 Å². The van der Waals surface area contributed by atoms with Crippen molar-refractivity contribution in [3.8, 4) is 0 Å². The predicted molar refractivity (Wildman–Crippen MR) is 111 cm³/mol. The van der Waals surface area contributed by atoms with Gasteiger partial charge in [0.15, 0.2) is 0 Å². The van der Waals surface area contributed by atoms with Gasteiger partial charge in [0.2, 0.25) is 11.9 Å². The molecule has 0 bridgehead atoms. The molecule has 0 spiro atoms. The number of para-hydroxylation sites is 2. The summed E-state index contributed by atoms with van der Waals surface area (Å²) in [4.78, 5) is 22.2. The number of hydrogen-bond donors (Lipinski definition) is 1. The number of imidazole rings is 1. The number of rotatable bonds is 6. The molecular weight excluding hydrogens is 354 g/mol. The molecule has 1 aromatic heterocycles. The molecule has 1 N–H and O–H groups in total. The van der Waals surface area contributed by atoms with Crippen molar-refractivity contribution in [3.05, 3.63) is 24.3 Å². The van der Waals surface area contributed by atoms with Gasteiger partial charge in [0, 0.05) is 45.8 Å². The zero-order chi connectivity index (χ0) is 19.3. The van der Waals surface area contributed by atoms with E-state index in [2.05, 4.69) is 44.8 Å². The number of ether oxygens (including phenoxy) is 1. The molecule has 7 heteroatoms. The molecule has 4 rings (SSSR count). The molecule has 152 valence electrons. The molecule has 0 aliphatic carbocycles. The molecule has 2 saturated heterocycles. The van der Waals surface area contributed by atoms with Crippen molar-refractivity contribution in [3.63, 3.8) is 0 Å². The van der Waals surface area contributed by atoms with Crippen molar-refractivity contribution >= 4 is 22.9 Å². The van der Waals surface area contributed by atoms with E-state index in [1.807, 2.05) is 6.07 Å². The summed E-state index contributed by atoms with van der Waals surface area (Å²) in [6.45, 7) is 9.85. The number of aryl methyl sites for hydroxylation is 1. The molecule has 2 aromatic rings. The molecular formula is C21H31N5O2. The summed E-state index contributed by atoms with van der Waals surface area (Å²) in [7, 11) is 0. The van der Waals surface area contributed by atoms with Gasteiger partial charge in [-0.2, -0.15) is 0 Å². The van der Waals surface area contributed by atoms with Crippen LogP contribution in [-0.2, 0) is 16.1 Å². The SMILES string of the molecule is CCn1c(N2CCC[C@@H](C(=O)NCCN3CCOCC3)C2)nc2ccccc21. The predicted octanol–water partition coefficient (Wildman–Crippen LogP) is 1.72. The van der Waals surface area contributed by atoms with E-state index in [0.29, 0.717) is 6.54 Å². The first kappa shape index (κ1) is 19.2. The van der Waals surface area contributed by atoms with Crippen molar-refractivity contribution in [2.45, 2.75) is 26.3 Å². The third-order valence-electron chi connectivity index (χ3n) is 5.86. The Morgan fingerprint density at radius 1 is 1.25 bits per heavy atom. The minimum atomic E-state index is 0.0311. The maximum atomic E-state index is 12.7. The Kier molecular flexibility index (Phi) is 6.12. The second-order valence-corrected chi connectivity index (χ2v) is 7.67. The van der Waals surface area contributed by atoms with Gasteiger partial charge in [-0.05, 0) is 31.9 Å². The maximum Gasteiger partial charge on any atom is 0.224 e. The summed E-state index contributed by atoms with van der Waals surface area (Å²) >= 11 is 0. The summed E-state index contributed by atoms with van der Waals surface area (Å²) in [5.74, 6) is 1.20. The van der Waals surface area contributed by atoms with Gasteiger partial charge in [-0.1, -0.05) is 12.1 Å². The van der Waals surface area contributed by atoms with E-state index in [-0.39, 0.29) is 11.8 Å². The molecule has 7 nitrogen and oxygen atoms in total. The Balaban J connectivity index is 1.37. The Morgan fingerprint density at radius 3 is 2.89 bits per heavy atom. The maximum absolute atomic E-state index is 12.7. The van der Waals surface area contributed by atoms with Crippen LogP contribution in [0.5, 0.6) is 0 Å². The number of morpholine rings is 1. The van der Waals surface area contributed by atoms with Gasteiger partial charge in [-0.15, -0.1) is 0 Å². The molecule has 1 amide bonds. The number of benzene rings is 1. The number of anilines is 1. The fraction of sp³-hybridized carbons (Fsp3) is 0.619. The number of aromatic nitrogens is 2. The first-order valence-corrected chi connectivity index (χ1v) is 10.5. The van der Waals surface area contributed by atoms with Crippen LogP contribution < -0.4 is 10.2 Å². The van der Waals surface area contributed by atoms with Crippen LogP contribution in [0, 0.1) is 5.92 Å². The van der Waals surface area contributed by atoms with Crippen molar-refractivity contribution in [1.82, 2.24) is 19.8 Å². The summed E-state index contributed by atoms with van der Waals surface area (Å²) in [5, 5.41) is 3.15. The van der Waals surface area contributed by atoms with E-state index in [0.717, 1.165) is 82.3 Å². The van der Waals surface area contributed by atoms with Crippen molar-refractivity contribution < 1.29 is 9.53 Å². The lowest BCUT2D eigenvalue weighted by molar-refractivity contribution is -0.125. The van der Waals surface area contributed by atoms with E-state index >= 15 is 0 Å². The van der Waals surface area contributed by atoms with Gasteiger partial charge in [0.25, 0.3) is 0 Å². The fourth-order valence-corrected chi connectivity index (χ4v) is 4.30. The van der Waals surface area contributed by atoms with Crippen LogP contribution in [0.2, 0.25) is 0 Å². The minimum Gasteiger partial charge on any atom is -0.379 e. The zero-order valence-corrected chi connectivity index (χ0v) is 16.8. The van der Waals surface area contributed by atoms with Gasteiger partial charge >= 0.3 is 0 Å². The quantitative estimate of drug-likeness (QED) is 0.820. The number of carbonyl (C=O) groups excluding carboxylic acids is 1. The molecule has 1 aromatic carbocycles. The second-order valence-electron chi connectivity index (χ2n) is 7.67. The Labute approximate surface area is 166 Å². The zero-order valence-electron chi connectivity index (χ0n) is 16.8. The molecule has 0 radical (unpaired) electrons. The number of carbonyl (C=O) groups is 1. The van der Waals surface area contributed by atoms with Crippen LogP contribution in [0.1, 0.15) is 19.8 Å². The van der Waals surface area contributed by atoms with E-state index in [1.54, 1.807) is 0 Å². The van der Waals surface area contributed by atoms with Crippen LogP contribution in [0.4, 0.5) is 5.95 Å². The summed E-state index contributed by atoms with van der Waals surface area (Å²) in [6.07, 6.45) is 1.97. The van der Waals surface area contributed by atoms with Crippen LogP contribution >= 0.6 is 0 Å². The largest absolute Gasteiger partial charge is 0.379 e. The van der Waals surface area contributed by atoms with Crippen molar-refractivity contribution in [2.75, 3.05) is 57.4 Å². The van der Waals surface area contributed by atoms with E-state index in [1.165, 1.54) is 0 Å². The number of nitrogens with one attached hydrogen (secondary N) is 1. The Hall–Kier alpha value is -2.12. The topological polar surface area (TPSA) is 62.6 Å². The normalized spacial score (nSPS) is 21.2. The van der Waals surface area contributed by atoms with Crippen LogP contribution in [0.3, 0.4) is 0 Å². The molecule has 2 fully saturated rings. The van der Waals surface area contributed by atoms with Crippen molar-refractivity contribution in [1.29, 1.82) is 0 Å². The molecule has 28 heavy (non-hydrogen) atoms. The van der Waals surface area contributed by atoms with Crippen LogP contribution in [0.25, 0.3) is 11.0 Å². The fourth-order valence-electron chi connectivity index (χ4n) is 4.30. The van der Waals surface area contributed by atoms with Crippen molar-refractivity contribution in [2.24, 2.45) is 5.92 Å². The first-order chi connectivity index (χ1) is 13.8. The van der Waals surface area contributed by atoms with Crippen LogP contribution in [-0.4, -0.2) is 72.8 Å². The molecule has 2 aliphatic heterocycles. The Morgan fingerprint density at radius 2 is 2.07 bits per heavy atom. The smallest absolute Gasteiger partial charge is 0.224 e. The molecule has 2 aliphatic rings. The lowest BCUT2D eigenvalue weighted by atomic mass is 9.97. The average Bonchev–Trinajstić information content (AvgIpc) is 3.13. The Bertz CT molecular complexity index is 799. The molecule has 0 unspecified atom stereocenters. The highest BCUT2D eigenvalue weighted by atomic mass is 16.5. The summed E-state index contributed by atoms with van der Waals surface area (Å²) in [5.41, 5.74) is 2.19. The van der Waals surface area contributed by atoms with Gasteiger partial charge in [0.05, 0.1) is 30.2 Å².